The van der Waals surface area contributed by atoms with Crippen LogP contribution in [-0.2, 0) is 4.79 Å². The molecule has 2 aliphatic rings. The molecular weight excluding hydrogens is 124 g/mol. The first-order chi connectivity index (χ1) is 4.87. The molecule has 0 bridgehead atoms. The van der Waals surface area contributed by atoms with Crippen molar-refractivity contribution in [1.29, 1.82) is 0 Å². The summed E-state index contributed by atoms with van der Waals surface area (Å²) in [6, 6.07) is 0. The van der Waals surface area contributed by atoms with Gasteiger partial charge in [-0.15, -0.1) is 0 Å². The maximum absolute atomic E-state index is 10.2. The molecule has 0 amide bonds. The fourth-order valence-electron chi connectivity index (χ4n) is 2.46. The van der Waals surface area contributed by atoms with Crippen molar-refractivity contribution >= 4 is 6.29 Å². The molecule has 1 nitrogen and oxygen atoms in total. The van der Waals surface area contributed by atoms with E-state index in [-0.39, 0.29) is 0 Å². The SMILES string of the molecule is O=[C]CC12CCCCC1C2. The first-order valence-electron chi connectivity index (χ1n) is 4.22. The predicted molar refractivity (Wildman–Crippen MR) is 39.3 cm³/mol. The Bertz CT molecular complexity index is 153. The zero-order valence-electron chi connectivity index (χ0n) is 6.23. The number of fused-ring (bicyclic) bond motifs is 1. The fourth-order valence-corrected chi connectivity index (χ4v) is 2.46. The van der Waals surface area contributed by atoms with E-state index in [0.29, 0.717) is 5.41 Å². The van der Waals surface area contributed by atoms with Crippen LogP contribution in [0.15, 0.2) is 0 Å². The molecule has 0 aromatic heterocycles. The zero-order valence-corrected chi connectivity index (χ0v) is 6.23. The topological polar surface area (TPSA) is 17.1 Å². The van der Waals surface area contributed by atoms with Crippen LogP contribution in [-0.4, -0.2) is 6.29 Å². The van der Waals surface area contributed by atoms with Crippen molar-refractivity contribution in [2.45, 2.75) is 38.5 Å². The van der Waals surface area contributed by atoms with E-state index in [9.17, 15) is 4.79 Å². The molecule has 2 rings (SSSR count). The highest BCUT2D eigenvalue weighted by Crippen LogP contribution is 2.62. The highest BCUT2D eigenvalue weighted by atomic mass is 16.1. The van der Waals surface area contributed by atoms with Crippen molar-refractivity contribution < 1.29 is 4.79 Å². The number of carbonyl (C=O) groups excluding carboxylic acids is 1. The zero-order chi connectivity index (χ0) is 7.03. The Balaban J connectivity index is 1.98. The molecule has 10 heavy (non-hydrogen) atoms. The molecule has 2 atom stereocenters. The van der Waals surface area contributed by atoms with Crippen molar-refractivity contribution in [3.63, 3.8) is 0 Å². The standard InChI is InChI=1S/C9H13O/c10-6-5-9-4-2-1-3-8(9)7-9/h8H,1-5,7H2. The maximum atomic E-state index is 10.2. The smallest absolute Gasteiger partial charge is 0.198 e. The van der Waals surface area contributed by atoms with E-state index in [2.05, 4.69) is 6.29 Å². The summed E-state index contributed by atoms with van der Waals surface area (Å²) >= 11 is 0. The van der Waals surface area contributed by atoms with Crippen LogP contribution in [0.2, 0.25) is 0 Å². The molecule has 0 spiro atoms. The Morgan fingerprint density at radius 2 is 2.40 bits per heavy atom. The lowest BCUT2D eigenvalue weighted by Crippen LogP contribution is -2.09. The van der Waals surface area contributed by atoms with Gasteiger partial charge in [-0.05, 0) is 30.6 Å². The third kappa shape index (κ3) is 0.799. The second-order valence-electron chi connectivity index (χ2n) is 3.83. The van der Waals surface area contributed by atoms with E-state index in [1.54, 1.807) is 0 Å². The van der Waals surface area contributed by atoms with Gasteiger partial charge in [0.1, 0.15) is 0 Å². The van der Waals surface area contributed by atoms with Gasteiger partial charge in [-0.25, -0.2) is 0 Å². The second-order valence-corrected chi connectivity index (χ2v) is 3.83. The summed E-state index contributed by atoms with van der Waals surface area (Å²) in [5.41, 5.74) is 0.472. The van der Waals surface area contributed by atoms with Crippen molar-refractivity contribution in [3.05, 3.63) is 0 Å². The molecule has 0 N–H and O–H groups in total. The van der Waals surface area contributed by atoms with Crippen LogP contribution in [0.5, 0.6) is 0 Å². The first kappa shape index (κ1) is 6.38. The molecule has 2 unspecified atom stereocenters. The van der Waals surface area contributed by atoms with Crippen molar-refractivity contribution in [3.8, 4) is 0 Å². The van der Waals surface area contributed by atoms with Gasteiger partial charge in [-0.3, -0.25) is 4.79 Å². The fraction of sp³-hybridized carbons (Fsp3) is 0.889. The van der Waals surface area contributed by atoms with Gasteiger partial charge in [0.25, 0.3) is 0 Å². The van der Waals surface area contributed by atoms with Crippen molar-refractivity contribution in [1.82, 2.24) is 0 Å². The summed E-state index contributed by atoms with van der Waals surface area (Å²) in [5, 5.41) is 0. The van der Waals surface area contributed by atoms with E-state index in [0.717, 1.165) is 12.3 Å². The average molecular weight is 137 g/mol. The second kappa shape index (κ2) is 2.08. The molecule has 0 aromatic carbocycles. The van der Waals surface area contributed by atoms with Gasteiger partial charge in [0.05, 0.1) is 0 Å². The number of rotatable bonds is 2. The Morgan fingerprint density at radius 3 is 3.10 bits per heavy atom. The Morgan fingerprint density at radius 1 is 1.50 bits per heavy atom. The molecule has 0 saturated heterocycles. The highest BCUT2D eigenvalue weighted by molar-refractivity contribution is 5.53. The normalized spacial score (nSPS) is 44.2. The quantitative estimate of drug-likeness (QED) is 0.569. The average Bonchev–Trinajstić information content (AvgIpc) is 2.62. The van der Waals surface area contributed by atoms with Crippen LogP contribution in [0.1, 0.15) is 38.5 Å². The van der Waals surface area contributed by atoms with Gasteiger partial charge in [0.15, 0.2) is 6.29 Å². The lowest BCUT2D eigenvalue weighted by atomic mass is 9.86. The predicted octanol–water partition coefficient (Wildman–Crippen LogP) is 2.07. The van der Waals surface area contributed by atoms with E-state index in [4.69, 9.17) is 0 Å². The molecule has 1 heteroatoms. The maximum Gasteiger partial charge on any atom is 0.198 e. The van der Waals surface area contributed by atoms with E-state index in [1.165, 1.54) is 32.1 Å². The lowest BCUT2D eigenvalue weighted by Gasteiger charge is -2.18. The first-order valence-corrected chi connectivity index (χ1v) is 4.22. The molecule has 0 heterocycles. The van der Waals surface area contributed by atoms with Crippen LogP contribution < -0.4 is 0 Å². The summed E-state index contributed by atoms with van der Waals surface area (Å²) in [6.07, 6.45) is 9.53. The van der Waals surface area contributed by atoms with Crippen LogP contribution in [0, 0.1) is 11.3 Å². The van der Waals surface area contributed by atoms with E-state index < -0.39 is 0 Å². The van der Waals surface area contributed by atoms with Crippen molar-refractivity contribution in [2.75, 3.05) is 0 Å². The van der Waals surface area contributed by atoms with Gasteiger partial charge >= 0.3 is 0 Å². The van der Waals surface area contributed by atoms with E-state index >= 15 is 0 Å². The molecule has 2 aliphatic carbocycles. The minimum Gasteiger partial charge on any atom is -0.291 e. The van der Waals surface area contributed by atoms with E-state index in [1.807, 2.05) is 0 Å². The molecule has 0 aliphatic heterocycles. The summed E-state index contributed by atoms with van der Waals surface area (Å²) in [6.45, 7) is 0. The van der Waals surface area contributed by atoms with Crippen molar-refractivity contribution in [2.24, 2.45) is 11.3 Å². The number of hydrogen-bond donors (Lipinski definition) is 0. The van der Waals surface area contributed by atoms with Crippen LogP contribution in [0.4, 0.5) is 0 Å². The molecule has 2 saturated carbocycles. The lowest BCUT2D eigenvalue weighted by molar-refractivity contribution is 0.342. The Labute approximate surface area is 61.8 Å². The van der Waals surface area contributed by atoms with Crippen LogP contribution in [0.3, 0.4) is 0 Å². The Kier molecular flexibility index (Phi) is 1.33. The molecular formula is C9H13O. The summed E-state index contributed by atoms with van der Waals surface area (Å²) in [4.78, 5) is 10.2. The van der Waals surface area contributed by atoms with Gasteiger partial charge in [-0.2, -0.15) is 0 Å². The molecule has 0 aromatic rings. The number of hydrogen-bond acceptors (Lipinski definition) is 1. The third-order valence-corrected chi connectivity index (χ3v) is 3.26. The minimum atomic E-state index is 0.472. The highest BCUT2D eigenvalue weighted by Gasteiger charge is 2.53. The minimum absolute atomic E-state index is 0.472. The third-order valence-electron chi connectivity index (χ3n) is 3.26. The molecule has 55 valence electrons. The van der Waals surface area contributed by atoms with Crippen LogP contribution in [0.25, 0.3) is 0 Å². The Hall–Kier alpha value is -0.330. The largest absolute Gasteiger partial charge is 0.291 e. The van der Waals surface area contributed by atoms with Gasteiger partial charge < -0.3 is 0 Å². The summed E-state index contributed by atoms with van der Waals surface area (Å²) < 4.78 is 0. The van der Waals surface area contributed by atoms with Gasteiger partial charge in [0.2, 0.25) is 0 Å². The monoisotopic (exact) mass is 137 g/mol. The van der Waals surface area contributed by atoms with Crippen LogP contribution >= 0.6 is 0 Å². The molecule has 2 fully saturated rings. The van der Waals surface area contributed by atoms with Gasteiger partial charge in [-0.1, -0.05) is 12.8 Å². The molecule has 1 radical (unpaired) electrons. The summed E-state index contributed by atoms with van der Waals surface area (Å²) in [7, 11) is 0. The van der Waals surface area contributed by atoms with Gasteiger partial charge in [0, 0.05) is 6.42 Å². The summed E-state index contributed by atoms with van der Waals surface area (Å²) in [5.74, 6) is 0.905.